The van der Waals surface area contributed by atoms with E-state index in [1.807, 2.05) is 28.7 Å². The first kappa shape index (κ1) is 18.2. The van der Waals surface area contributed by atoms with Gasteiger partial charge in [0.05, 0.1) is 18.1 Å². The van der Waals surface area contributed by atoms with Crippen LogP contribution < -0.4 is 5.32 Å². The zero-order valence-electron chi connectivity index (χ0n) is 14.0. The van der Waals surface area contributed by atoms with Crippen LogP contribution in [0.5, 0.6) is 0 Å². The number of carbonyl (C=O) groups excluding carboxylic acids is 1. The Bertz CT molecular complexity index is 980. The number of anilines is 1. The van der Waals surface area contributed by atoms with E-state index in [-0.39, 0.29) is 18.9 Å². The first-order chi connectivity index (χ1) is 13.1. The third-order valence-electron chi connectivity index (χ3n) is 4.37. The lowest BCUT2D eigenvalue weighted by Gasteiger charge is -2.13. The van der Waals surface area contributed by atoms with E-state index in [0.29, 0.717) is 26.1 Å². The van der Waals surface area contributed by atoms with E-state index in [4.69, 9.17) is 4.74 Å². The van der Waals surface area contributed by atoms with Crippen LogP contribution in [0.25, 0.3) is 11.0 Å². The highest BCUT2D eigenvalue weighted by atomic mass is 127. The quantitative estimate of drug-likeness (QED) is 0.481. The molecule has 0 saturated carbocycles. The Morgan fingerprint density at radius 2 is 2.11 bits per heavy atom. The molecule has 9 nitrogen and oxygen atoms in total. The standard InChI is InChI=1S/C17H16IN5O4/c18-14-13-15(21-17(26)9-4-2-1-3-5-9)19-8-20-16(13)23(22-14)12-6-10(25)11(7-24)27-12/h1-5,8,10-12,24-25H,6-7H2,(H,19,20,21,26)/t10-,11+,12+/m0/s1. The maximum absolute atomic E-state index is 12.5. The van der Waals surface area contributed by atoms with Crippen molar-refractivity contribution in [2.75, 3.05) is 11.9 Å². The van der Waals surface area contributed by atoms with Gasteiger partial charge in [-0.15, -0.1) is 0 Å². The number of nitrogens with one attached hydrogen (secondary N) is 1. The highest BCUT2D eigenvalue weighted by Crippen LogP contribution is 2.33. The maximum atomic E-state index is 12.5. The van der Waals surface area contributed by atoms with Gasteiger partial charge >= 0.3 is 0 Å². The average molecular weight is 481 g/mol. The maximum Gasteiger partial charge on any atom is 0.256 e. The summed E-state index contributed by atoms with van der Waals surface area (Å²) in [7, 11) is 0. The van der Waals surface area contributed by atoms with Gasteiger partial charge in [-0.1, -0.05) is 18.2 Å². The number of aromatic nitrogens is 4. The average Bonchev–Trinajstić information content (AvgIpc) is 3.23. The van der Waals surface area contributed by atoms with Gasteiger partial charge < -0.3 is 20.3 Å². The second kappa shape index (κ2) is 7.46. The van der Waals surface area contributed by atoms with Crippen LogP contribution in [0, 0.1) is 3.70 Å². The van der Waals surface area contributed by atoms with Gasteiger partial charge in [0.2, 0.25) is 0 Å². The van der Waals surface area contributed by atoms with E-state index in [0.717, 1.165) is 0 Å². The van der Waals surface area contributed by atoms with Gasteiger partial charge in [0, 0.05) is 12.0 Å². The van der Waals surface area contributed by atoms with Crippen molar-refractivity contribution >= 4 is 45.3 Å². The lowest BCUT2D eigenvalue weighted by molar-refractivity contribution is -0.0471. The smallest absolute Gasteiger partial charge is 0.256 e. The summed E-state index contributed by atoms with van der Waals surface area (Å²) >= 11 is 2.04. The van der Waals surface area contributed by atoms with Crippen LogP contribution in [0.2, 0.25) is 0 Å². The summed E-state index contributed by atoms with van der Waals surface area (Å²) in [4.78, 5) is 20.9. The summed E-state index contributed by atoms with van der Waals surface area (Å²) in [5, 5.41) is 27.1. The van der Waals surface area contributed by atoms with Crippen molar-refractivity contribution in [3.05, 3.63) is 45.9 Å². The van der Waals surface area contributed by atoms with E-state index in [9.17, 15) is 15.0 Å². The van der Waals surface area contributed by atoms with Gasteiger partial charge in [0.1, 0.15) is 21.9 Å². The number of fused-ring (bicyclic) bond motifs is 1. The molecule has 3 heterocycles. The molecule has 2 aromatic heterocycles. The Morgan fingerprint density at radius 3 is 2.81 bits per heavy atom. The van der Waals surface area contributed by atoms with E-state index >= 15 is 0 Å². The molecule has 0 bridgehead atoms. The molecule has 3 aromatic rings. The van der Waals surface area contributed by atoms with Crippen molar-refractivity contribution in [3.8, 4) is 0 Å². The minimum Gasteiger partial charge on any atom is -0.394 e. The van der Waals surface area contributed by atoms with Crippen molar-refractivity contribution < 1.29 is 19.7 Å². The predicted molar refractivity (Wildman–Crippen MR) is 104 cm³/mol. The lowest BCUT2D eigenvalue weighted by Crippen LogP contribution is -2.24. The van der Waals surface area contributed by atoms with Gasteiger partial charge in [-0.3, -0.25) is 4.79 Å². The number of nitrogens with zero attached hydrogens (tertiary/aromatic N) is 4. The van der Waals surface area contributed by atoms with Crippen LogP contribution in [0.4, 0.5) is 5.82 Å². The lowest BCUT2D eigenvalue weighted by atomic mass is 10.2. The van der Waals surface area contributed by atoms with Crippen LogP contribution in [-0.4, -0.2) is 54.7 Å². The largest absolute Gasteiger partial charge is 0.394 e. The Labute approximate surface area is 167 Å². The predicted octanol–water partition coefficient (Wildman–Crippen LogP) is 1.32. The molecule has 140 valence electrons. The molecule has 0 aliphatic carbocycles. The van der Waals surface area contributed by atoms with Crippen LogP contribution in [0.1, 0.15) is 23.0 Å². The second-order valence-electron chi connectivity index (χ2n) is 6.09. The highest BCUT2D eigenvalue weighted by Gasteiger charge is 2.36. The van der Waals surface area contributed by atoms with Crippen molar-refractivity contribution in [1.29, 1.82) is 0 Å². The molecule has 0 radical (unpaired) electrons. The van der Waals surface area contributed by atoms with Crippen molar-refractivity contribution in [2.45, 2.75) is 24.9 Å². The third-order valence-corrected chi connectivity index (χ3v) is 5.13. The monoisotopic (exact) mass is 481 g/mol. The first-order valence-corrected chi connectivity index (χ1v) is 9.36. The van der Waals surface area contributed by atoms with Crippen molar-refractivity contribution in [3.63, 3.8) is 0 Å². The molecule has 1 aliphatic heterocycles. The summed E-state index contributed by atoms with van der Waals surface area (Å²) in [6.45, 7) is -0.276. The van der Waals surface area contributed by atoms with E-state index < -0.39 is 18.4 Å². The fourth-order valence-corrected chi connectivity index (χ4v) is 3.75. The molecule has 0 spiro atoms. The van der Waals surface area contributed by atoms with Gasteiger partial charge in [-0.2, -0.15) is 5.10 Å². The fraction of sp³-hybridized carbons (Fsp3) is 0.294. The Balaban J connectivity index is 1.68. The first-order valence-electron chi connectivity index (χ1n) is 8.28. The Morgan fingerprint density at radius 1 is 1.33 bits per heavy atom. The molecule has 1 amide bonds. The molecule has 1 aromatic carbocycles. The SMILES string of the molecule is O=C(Nc1ncnc2c1c(I)nn2[C@H]1C[C@H](O)[C@@H](CO)O1)c1ccccc1. The second-order valence-corrected chi connectivity index (χ2v) is 7.11. The van der Waals surface area contributed by atoms with E-state index in [1.54, 1.807) is 28.9 Å². The molecule has 4 rings (SSSR count). The third kappa shape index (κ3) is 3.40. The van der Waals surface area contributed by atoms with E-state index in [1.165, 1.54) is 6.33 Å². The van der Waals surface area contributed by atoms with Crippen molar-refractivity contribution in [1.82, 2.24) is 19.7 Å². The summed E-state index contributed by atoms with van der Waals surface area (Å²) in [5.41, 5.74) is 0.994. The number of halogens is 1. The zero-order chi connectivity index (χ0) is 19.0. The molecule has 0 unspecified atom stereocenters. The van der Waals surface area contributed by atoms with Crippen molar-refractivity contribution in [2.24, 2.45) is 0 Å². The number of rotatable bonds is 4. The molecule has 27 heavy (non-hydrogen) atoms. The Hall–Kier alpha value is -2.15. The summed E-state index contributed by atoms with van der Waals surface area (Å²) in [6.07, 6.45) is -0.377. The minimum absolute atomic E-state index is 0.276. The fourth-order valence-electron chi connectivity index (χ4n) is 3.03. The molecule has 1 saturated heterocycles. The molecular weight excluding hydrogens is 465 g/mol. The van der Waals surface area contributed by atoms with Gasteiger partial charge in [-0.05, 0) is 34.7 Å². The molecule has 3 atom stereocenters. The molecule has 3 N–H and O–H groups in total. The normalized spacial score (nSPS) is 22.3. The number of aliphatic hydroxyl groups excluding tert-OH is 2. The molecular formula is C17H16IN5O4. The molecule has 10 heteroatoms. The minimum atomic E-state index is -0.781. The van der Waals surface area contributed by atoms with Crippen LogP contribution in [0.3, 0.4) is 0 Å². The number of ether oxygens (including phenoxy) is 1. The summed E-state index contributed by atoms with van der Waals surface area (Å²) < 4.78 is 7.82. The Kier molecular flexibility index (Phi) is 5.04. The number of aliphatic hydroxyl groups is 2. The number of carbonyl (C=O) groups is 1. The summed E-state index contributed by atoms with van der Waals surface area (Å²) in [5.74, 6) is 0.0637. The number of hydrogen-bond donors (Lipinski definition) is 3. The zero-order valence-corrected chi connectivity index (χ0v) is 16.1. The molecule has 1 aliphatic rings. The topological polar surface area (TPSA) is 122 Å². The number of benzene rings is 1. The number of hydrogen-bond acceptors (Lipinski definition) is 7. The van der Waals surface area contributed by atoms with Gasteiger partial charge in [0.15, 0.2) is 11.9 Å². The number of amides is 1. The van der Waals surface area contributed by atoms with Crippen LogP contribution in [-0.2, 0) is 4.74 Å². The van der Waals surface area contributed by atoms with Gasteiger partial charge in [-0.25, -0.2) is 14.6 Å². The van der Waals surface area contributed by atoms with Crippen LogP contribution >= 0.6 is 22.6 Å². The summed E-state index contributed by atoms with van der Waals surface area (Å²) in [6, 6.07) is 8.83. The van der Waals surface area contributed by atoms with Crippen LogP contribution in [0.15, 0.2) is 36.7 Å². The highest BCUT2D eigenvalue weighted by molar-refractivity contribution is 14.1. The van der Waals surface area contributed by atoms with Gasteiger partial charge in [0.25, 0.3) is 5.91 Å². The molecule has 1 fully saturated rings. The van der Waals surface area contributed by atoms with E-state index in [2.05, 4.69) is 20.4 Å².